The number of aromatic nitrogens is 1. The van der Waals surface area contributed by atoms with Crippen molar-refractivity contribution in [3.63, 3.8) is 0 Å². The van der Waals surface area contributed by atoms with Gasteiger partial charge >= 0.3 is 0 Å². The van der Waals surface area contributed by atoms with Crippen LogP contribution < -0.4 is 10.5 Å². The predicted molar refractivity (Wildman–Crippen MR) is 72.5 cm³/mol. The molecule has 0 spiro atoms. The highest BCUT2D eigenvalue weighted by molar-refractivity contribution is 7.89. The number of carbonyl (C=O) groups excluding carboxylic acids is 1. The average molecular weight is 288 g/mol. The molecule has 1 amide bonds. The number of H-pyrrole nitrogens is 1. The lowest BCUT2D eigenvalue weighted by Gasteiger charge is -2.10. The minimum atomic E-state index is -3.66. The number of carbonyl (C=O) groups is 1. The third-order valence-corrected chi connectivity index (χ3v) is 4.41. The van der Waals surface area contributed by atoms with Crippen molar-refractivity contribution in [3.05, 3.63) is 16.8 Å². The third-order valence-electron chi connectivity index (χ3n) is 2.88. The summed E-state index contributed by atoms with van der Waals surface area (Å²) < 4.78 is 26.7. The first kappa shape index (κ1) is 15.7. The van der Waals surface area contributed by atoms with Crippen LogP contribution in [0.1, 0.15) is 21.6 Å². The number of aromatic amines is 1. The van der Waals surface area contributed by atoms with Gasteiger partial charge in [0.25, 0.3) is 15.9 Å². The molecule has 1 heterocycles. The van der Waals surface area contributed by atoms with Crippen LogP contribution >= 0.6 is 0 Å². The van der Waals surface area contributed by atoms with Crippen LogP contribution in [0.15, 0.2) is 5.03 Å². The molecule has 0 aliphatic rings. The number of primary amides is 1. The van der Waals surface area contributed by atoms with E-state index in [1.54, 1.807) is 13.8 Å². The summed E-state index contributed by atoms with van der Waals surface area (Å²) >= 11 is 0. The molecule has 8 heteroatoms. The van der Waals surface area contributed by atoms with Crippen molar-refractivity contribution >= 4 is 15.9 Å². The van der Waals surface area contributed by atoms with E-state index in [-0.39, 0.29) is 10.7 Å². The summed E-state index contributed by atoms with van der Waals surface area (Å²) in [5, 5.41) is -0.00226. The van der Waals surface area contributed by atoms with E-state index in [4.69, 9.17) is 5.73 Å². The van der Waals surface area contributed by atoms with Crippen LogP contribution in [0.2, 0.25) is 0 Å². The van der Waals surface area contributed by atoms with Crippen LogP contribution in [0.5, 0.6) is 0 Å². The lowest BCUT2D eigenvalue weighted by Crippen LogP contribution is -2.32. The second-order valence-electron chi connectivity index (χ2n) is 4.64. The number of likely N-dealkylation sites (N-methyl/N-ethyl adjacent to an activating group) is 1. The normalized spacial score (nSPS) is 12.1. The average Bonchev–Trinajstić information content (AvgIpc) is 2.55. The minimum absolute atomic E-state index is 0.00226. The van der Waals surface area contributed by atoms with Crippen molar-refractivity contribution < 1.29 is 13.2 Å². The van der Waals surface area contributed by atoms with Crippen molar-refractivity contribution in [2.75, 3.05) is 27.2 Å². The molecule has 0 unspecified atom stereocenters. The van der Waals surface area contributed by atoms with E-state index in [9.17, 15) is 13.2 Å². The van der Waals surface area contributed by atoms with Gasteiger partial charge in [0.1, 0.15) is 5.69 Å². The fraction of sp³-hybridized carbons (Fsp3) is 0.545. The fourth-order valence-electron chi connectivity index (χ4n) is 1.65. The summed E-state index contributed by atoms with van der Waals surface area (Å²) in [7, 11) is 0.0396. The van der Waals surface area contributed by atoms with E-state index >= 15 is 0 Å². The molecule has 0 saturated heterocycles. The highest BCUT2D eigenvalue weighted by atomic mass is 32.2. The van der Waals surface area contributed by atoms with Gasteiger partial charge in [-0.1, -0.05) is 0 Å². The van der Waals surface area contributed by atoms with Crippen molar-refractivity contribution in [1.29, 1.82) is 0 Å². The molecule has 1 aromatic rings. The van der Waals surface area contributed by atoms with Gasteiger partial charge in [-0.25, -0.2) is 13.1 Å². The van der Waals surface area contributed by atoms with Gasteiger partial charge in [-0.3, -0.25) is 4.79 Å². The van der Waals surface area contributed by atoms with E-state index in [2.05, 4.69) is 9.71 Å². The zero-order valence-electron chi connectivity index (χ0n) is 11.6. The third kappa shape index (κ3) is 3.55. The van der Waals surface area contributed by atoms with Crippen LogP contribution in [-0.2, 0) is 10.0 Å². The summed E-state index contributed by atoms with van der Waals surface area (Å²) in [6.07, 6.45) is 0. The predicted octanol–water partition coefficient (Wildman–Crippen LogP) is -0.430. The van der Waals surface area contributed by atoms with E-state index in [1.807, 2.05) is 19.0 Å². The quantitative estimate of drug-likeness (QED) is 0.660. The fourth-order valence-corrected chi connectivity index (χ4v) is 2.95. The van der Waals surface area contributed by atoms with Crippen molar-refractivity contribution in [3.8, 4) is 0 Å². The first-order chi connectivity index (χ1) is 8.66. The zero-order chi connectivity index (χ0) is 14.8. The minimum Gasteiger partial charge on any atom is -0.364 e. The summed E-state index contributed by atoms with van der Waals surface area (Å²) in [4.78, 5) is 15.6. The Morgan fingerprint density at radius 1 is 1.32 bits per heavy atom. The summed E-state index contributed by atoms with van der Waals surface area (Å²) in [6, 6.07) is 0. The second-order valence-corrected chi connectivity index (χ2v) is 6.35. The maximum atomic E-state index is 12.1. The Hall–Kier alpha value is -1.38. The monoisotopic (exact) mass is 288 g/mol. The lowest BCUT2D eigenvalue weighted by atomic mass is 10.2. The van der Waals surface area contributed by atoms with E-state index in [1.165, 1.54) is 0 Å². The Kier molecular flexibility index (Phi) is 4.72. The number of nitrogens with zero attached hydrogens (tertiary/aromatic N) is 1. The molecule has 108 valence electrons. The van der Waals surface area contributed by atoms with E-state index in [0.29, 0.717) is 24.2 Å². The number of nitrogens with two attached hydrogens (primary N) is 1. The number of hydrogen-bond donors (Lipinski definition) is 3. The highest BCUT2D eigenvalue weighted by Crippen LogP contribution is 2.20. The molecular weight excluding hydrogens is 268 g/mol. The molecule has 0 fully saturated rings. The van der Waals surface area contributed by atoms with Crippen LogP contribution in [0.4, 0.5) is 0 Å². The molecule has 4 N–H and O–H groups in total. The van der Waals surface area contributed by atoms with Crippen LogP contribution in [0, 0.1) is 13.8 Å². The molecule has 0 atom stereocenters. The Labute approximate surface area is 113 Å². The largest absolute Gasteiger partial charge is 0.364 e. The standard InChI is InChI=1S/C11H20N4O3S/c1-7-8(2)11(14-9(7)10(12)16)19(17,18)13-5-6-15(3)4/h13-14H,5-6H2,1-4H3,(H2,12,16). The van der Waals surface area contributed by atoms with Crippen molar-refractivity contribution in [1.82, 2.24) is 14.6 Å². The molecule has 19 heavy (non-hydrogen) atoms. The van der Waals surface area contributed by atoms with Gasteiger partial charge < -0.3 is 15.6 Å². The SMILES string of the molecule is Cc1c(C(N)=O)[nH]c(S(=O)(=O)NCCN(C)C)c1C. The number of rotatable bonds is 6. The molecule has 1 rings (SSSR count). The van der Waals surface area contributed by atoms with Gasteiger partial charge in [0.05, 0.1) is 0 Å². The Morgan fingerprint density at radius 3 is 2.32 bits per heavy atom. The zero-order valence-corrected chi connectivity index (χ0v) is 12.4. The van der Waals surface area contributed by atoms with Gasteiger partial charge in [-0.2, -0.15) is 0 Å². The maximum absolute atomic E-state index is 12.1. The van der Waals surface area contributed by atoms with Crippen LogP contribution in [0.25, 0.3) is 0 Å². The van der Waals surface area contributed by atoms with E-state index in [0.717, 1.165) is 0 Å². The van der Waals surface area contributed by atoms with Crippen molar-refractivity contribution in [2.24, 2.45) is 5.73 Å². The summed E-state index contributed by atoms with van der Waals surface area (Å²) in [5.41, 5.74) is 6.38. The van der Waals surface area contributed by atoms with Crippen LogP contribution in [0.3, 0.4) is 0 Å². The molecule has 7 nitrogen and oxygen atoms in total. The van der Waals surface area contributed by atoms with Gasteiger partial charge in [0.15, 0.2) is 5.03 Å². The van der Waals surface area contributed by atoms with Gasteiger partial charge in [0.2, 0.25) is 0 Å². The first-order valence-corrected chi connectivity index (χ1v) is 7.28. The maximum Gasteiger partial charge on any atom is 0.265 e. The topological polar surface area (TPSA) is 108 Å². The molecule has 0 radical (unpaired) electrons. The van der Waals surface area contributed by atoms with Crippen LogP contribution in [-0.4, -0.2) is 51.4 Å². The smallest absolute Gasteiger partial charge is 0.265 e. The van der Waals surface area contributed by atoms with E-state index < -0.39 is 15.9 Å². The molecule has 1 aromatic heterocycles. The number of sulfonamides is 1. The molecule has 0 aliphatic heterocycles. The Balaban J connectivity index is 3.02. The molecule has 0 saturated carbocycles. The number of amides is 1. The number of hydrogen-bond acceptors (Lipinski definition) is 4. The molecule has 0 aromatic carbocycles. The molecular formula is C11H20N4O3S. The first-order valence-electron chi connectivity index (χ1n) is 5.80. The molecule has 0 aliphatic carbocycles. The van der Waals surface area contributed by atoms with Gasteiger partial charge in [-0.05, 0) is 39.1 Å². The van der Waals surface area contributed by atoms with Crippen molar-refractivity contribution in [2.45, 2.75) is 18.9 Å². The second kappa shape index (κ2) is 5.72. The van der Waals surface area contributed by atoms with Gasteiger partial charge in [0, 0.05) is 13.1 Å². The summed E-state index contributed by atoms with van der Waals surface area (Å²) in [5.74, 6) is -0.671. The highest BCUT2D eigenvalue weighted by Gasteiger charge is 2.23. The Morgan fingerprint density at radius 2 is 1.89 bits per heavy atom. The Bertz CT molecular complexity index is 575. The lowest BCUT2D eigenvalue weighted by molar-refractivity contribution is 0.0995. The van der Waals surface area contributed by atoms with Gasteiger partial charge in [-0.15, -0.1) is 0 Å². The number of nitrogens with one attached hydrogen (secondary N) is 2. The summed E-state index contributed by atoms with van der Waals surface area (Å²) in [6.45, 7) is 4.17. The molecule has 0 bridgehead atoms.